The van der Waals surface area contributed by atoms with Crippen molar-refractivity contribution in [1.82, 2.24) is 5.32 Å². The van der Waals surface area contributed by atoms with Crippen molar-refractivity contribution in [3.05, 3.63) is 29.3 Å². The lowest BCUT2D eigenvalue weighted by Crippen LogP contribution is -2.24. The third-order valence-corrected chi connectivity index (χ3v) is 4.66. The predicted molar refractivity (Wildman–Crippen MR) is 78.7 cm³/mol. The predicted octanol–water partition coefficient (Wildman–Crippen LogP) is 3.99. The molecule has 0 aromatic heterocycles. The highest BCUT2D eigenvalue weighted by Gasteiger charge is 2.23. The maximum atomic E-state index is 6.32. The second-order valence-corrected chi connectivity index (χ2v) is 5.94. The largest absolute Gasteiger partial charge is 0.490 e. The molecule has 0 radical (unpaired) electrons. The summed E-state index contributed by atoms with van der Waals surface area (Å²) in [6.07, 6.45) is 10.7. The van der Waals surface area contributed by atoms with Gasteiger partial charge in [0.2, 0.25) is 0 Å². The molecule has 0 heterocycles. The number of rotatable bonds is 3. The lowest BCUT2D eigenvalue weighted by Gasteiger charge is -2.29. The van der Waals surface area contributed by atoms with Crippen LogP contribution in [-0.4, -0.2) is 13.2 Å². The van der Waals surface area contributed by atoms with Gasteiger partial charge in [-0.3, -0.25) is 0 Å². The second-order valence-electron chi connectivity index (χ2n) is 5.94. The minimum Gasteiger partial charge on any atom is -0.490 e. The highest BCUT2D eigenvalue weighted by molar-refractivity contribution is 5.43. The molecule has 1 N–H and O–H groups in total. The van der Waals surface area contributed by atoms with Crippen LogP contribution in [0.4, 0.5) is 0 Å². The molecule has 0 saturated heterocycles. The Bertz CT molecular complexity index is 423. The molecular formula is C17H25NO. The molecule has 2 aliphatic rings. The summed E-state index contributed by atoms with van der Waals surface area (Å²) >= 11 is 0. The zero-order valence-corrected chi connectivity index (χ0v) is 12.0. The molecule has 1 atom stereocenters. The van der Waals surface area contributed by atoms with Crippen LogP contribution in [0.1, 0.15) is 62.1 Å². The van der Waals surface area contributed by atoms with Gasteiger partial charge in [-0.2, -0.15) is 0 Å². The van der Waals surface area contributed by atoms with Gasteiger partial charge in [0.25, 0.3) is 0 Å². The van der Waals surface area contributed by atoms with Crippen LogP contribution in [0.5, 0.6) is 5.75 Å². The Hall–Kier alpha value is -1.02. The minimum absolute atomic E-state index is 0.454. The van der Waals surface area contributed by atoms with Crippen molar-refractivity contribution in [3.8, 4) is 5.75 Å². The number of fused-ring (bicyclic) bond motifs is 1. The van der Waals surface area contributed by atoms with Crippen LogP contribution in [0.15, 0.2) is 18.2 Å². The van der Waals surface area contributed by atoms with Gasteiger partial charge in [-0.1, -0.05) is 18.6 Å². The summed E-state index contributed by atoms with van der Waals surface area (Å²) in [6, 6.07) is 7.11. The first-order valence-electron chi connectivity index (χ1n) is 7.84. The van der Waals surface area contributed by atoms with Gasteiger partial charge in [0.15, 0.2) is 0 Å². The van der Waals surface area contributed by atoms with E-state index in [-0.39, 0.29) is 0 Å². The third-order valence-electron chi connectivity index (χ3n) is 4.66. The van der Waals surface area contributed by atoms with Gasteiger partial charge in [-0.15, -0.1) is 0 Å². The smallest absolute Gasteiger partial charge is 0.123 e. The van der Waals surface area contributed by atoms with Crippen LogP contribution in [0, 0.1) is 0 Å². The zero-order chi connectivity index (χ0) is 13.1. The molecule has 0 spiro atoms. The van der Waals surface area contributed by atoms with Crippen molar-refractivity contribution < 1.29 is 4.74 Å². The maximum absolute atomic E-state index is 6.32. The molecule has 0 bridgehead atoms. The molecule has 1 aromatic rings. The number of hydrogen-bond acceptors (Lipinski definition) is 2. The standard InChI is InChI=1S/C17H25NO/c1-18-16-11-5-10-15-14(16)9-6-12-17(15)19-13-7-3-2-4-8-13/h6,9,12-13,16,18H,2-5,7-8,10-11H2,1H3. The Morgan fingerprint density at radius 2 is 1.89 bits per heavy atom. The summed E-state index contributed by atoms with van der Waals surface area (Å²) in [6.45, 7) is 0. The quantitative estimate of drug-likeness (QED) is 0.886. The Labute approximate surface area is 116 Å². The summed E-state index contributed by atoms with van der Waals surface area (Å²) in [7, 11) is 2.06. The first kappa shape index (κ1) is 13.0. The van der Waals surface area contributed by atoms with Crippen molar-refractivity contribution in [2.45, 2.75) is 63.5 Å². The van der Waals surface area contributed by atoms with E-state index in [2.05, 4.69) is 30.6 Å². The molecule has 2 heteroatoms. The topological polar surface area (TPSA) is 21.3 Å². The van der Waals surface area contributed by atoms with Crippen LogP contribution in [0.3, 0.4) is 0 Å². The van der Waals surface area contributed by atoms with Gasteiger partial charge in [-0.05, 0) is 69.2 Å². The van der Waals surface area contributed by atoms with Crippen LogP contribution in [0.2, 0.25) is 0 Å². The van der Waals surface area contributed by atoms with E-state index in [1.54, 1.807) is 0 Å². The van der Waals surface area contributed by atoms with E-state index in [4.69, 9.17) is 4.74 Å². The molecule has 1 fully saturated rings. The molecule has 1 saturated carbocycles. The van der Waals surface area contributed by atoms with E-state index in [9.17, 15) is 0 Å². The highest BCUT2D eigenvalue weighted by atomic mass is 16.5. The van der Waals surface area contributed by atoms with Gasteiger partial charge in [0, 0.05) is 6.04 Å². The lowest BCUT2D eigenvalue weighted by atomic mass is 9.87. The maximum Gasteiger partial charge on any atom is 0.123 e. The zero-order valence-electron chi connectivity index (χ0n) is 12.0. The lowest BCUT2D eigenvalue weighted by molar-refractivity contribution is 0.153. The molecule has 3 rings (SSSR count). The van der Waals surface area contributed by atoms with Crippen molar-refractivity contribution in [2.75, 3.05) is 7.05 Å². The van der Waals surface area contributed by atoms with Crippen LogP contribution < -0.4 is 10.1 Å². The average molecular weight is 259 g/mol. The Morgan fingerprint density at radius 1 is 1.05 bits per heavy atom. The van der Waals surface area contributed by atoms with E-state index in [0.29, 0.717) is 12.1 Å². The SMILES string of the molecule is CNC1CCCc2c(OC3CCCCC3)cccc21. The van der Waals surface area contributed by atoms with Crippen LogP contribution in [0.25, 0.3) is 0 Å². The Balaban J connectivity index is 1.81. The summed E-state index contributed by atoms with van der Waals surface area (Å²) in [4.78, 5) is 0. The summed E-state index contributed by atoms with van der Waals surface area (Å²) in [5.41, 5.74) is 2.92. The molecule has 0 aliphatic heterocycles. The molecule has 2 aliphatic carbocycles. The molecule has 104 valence electrons. The fraction of sp³-hybridized carbons (Fsp3) is 0.647. The number of ether oxygens (including phenoxy) is 1. The normalized spacial score (nSPS) is 23.9. The summed E-state index contributed by atoms with van der Waals surface area (Å²) < 4.78 is 6.32. The van der Waals surface area contributed by atoms with Crippen molar-refractivity contribution >= 4 is 0 Å². The fourth-order valence-corrected chi connectivity index (χ4v) is 3.59. The molecular weight excluding hydrogens is 234 g/mol. The molecule has 19 heavy (non-hydrogen) atoms. The average Bonchev–Trinajstić information content (AvgIpc) is 2.48. The van der Waals surface area contributed by atoms with Gasteiger partial charge in [-0.25, -0.2) is 0 Å². The molecule has 1 aromatic carbocycles. The van der Waals surface area contributed by atoms with Crippen molar-refractivity contribution in [1.29, 1.82) is 0 Å². The van der Waals surface area contributed by atoms with E-state index in [1.807, 2.05) is 0 Å². The number of benzene rings is 1. The highest BCUT2D eigenvalue weighted by Crippen LogP contribution is 2.36. The van der Waals surface area contributed by atoms with Crippen LogP contribution in [-0.2, 0) is 6.42 Å². The first-order chi connectivity index (χ1) is 9.38. The van der Waals surface area contributed by atoms with E-state index < -0.39 is 0 Å². The number of hydrogen-bond donors (Lipinski definition) is 1. The van der Waals surface area contributed by atoms with Gasteiger partial charge in [0.1, 0.15) is 5.75 Å². The Morgan fingerprint density at radius 3 is 2.68 bits per heavy atom. The van der Waals surface area contributed by atoms with E-state index >= 15 is 0 Å². The minimum atomic E-state index is 0.454. The van der Waals surface area contributed by atoms with E-state index in [0.717, 1.165) is 5.75 Å². The van der Waals surface area contributed by atoms with Crippen molar-refractivity contribution in [2.24, 2.45) is 0 Å². The van der Waals surface area contributed by atoms with Crippen LogP contribution >= 0.6 is 0 Å². The van der Waals surface area contributed by atoms with Gasteiger partial charge >= 0.3 is 0 Å². The summed E-state index contributed by atoms with van der Waals surface area (Å²) in [5, 5.41) is 3.44. The molecule has 2 nitrogen and oxygen atoms in total. The molecule has 1 unspecified atom stereocenters. The monoisotopic (exact) mass is 259 g/mol. The van der Waals surface area contributed by atoms with Gasteiger partial charge in [0.05, 0.1) is 6.10 Å². The first-order valence-corrected chi connectivity index (χ1v) is 7.84. The second kappa shape index (κ2) is 5.96. The van der Waals surface area contributed by atoms with Crippen molar-refractivity contribution in [3.63, 3.8) is 0 Å². The molecule has 0 amide bonds. The number of nitrogens with one attached hydrogen (secondary N) is 1. The fourth-order valence-electron chi connectivity index (χ4n) is 3.59. The van der Waals surface area contributed by atoms with E-state index in [1.165, 1.54) is 62.5 Å². The third kappa shape index (κ3) is 2.79. The van der Waals surface area contributed by atoms with Gasteiger partial charge < -0.3 is 10.1 Å². The Kier molecular flexibility index (Phi) is 4.07. The summed E-state index contributed by atoms with van der Waals surface area (Å²) in [5.74, 6) is 1.16.